The number of carbonyl (C=O) groups is 1. The first-order valence-corrected chi connectivity index (χ1v) is 8.37. The molecule has 0 aliphatic carbocycles. The van der Waals surface area contributed by atoms with Crippen molar-refractivity contribution >= 4 is 44.8 Å². The molecule has 2 aromatic carbocycles. The minimum atomic E-state index is -3.61. The number of fused-ring (bicyclic) bond motifs is 1. The highest BCUT2D eigenvalue weighted by Crippen LogP contribution is 2.29. The molecule has 0 aliphatic heterocycles. The molecule has 0 atom stereocenters. The van der Waals surface area contributed by atoms with Crippen LogP contribution in [0.25, 0.3) is 10.8 Å². The molecule has 3 N–H and O–H groups in total. The first kappa shape index (κ1) is 19.4. The van der Waals surface area contributed by atoms with Crippen molar-refractivity contribution in [3.05, 3.63) is 36.4 Å². The molecule has 0 saturated heterocycles. The summed E-state index contributed by atoms with van der Waals surface area (Å²) in [5.74, 6) is -0.201. The molecule has 0 aromatic heterocycles. The SMILES string of the molecule is CNCCNS(=O)(=O)c1ccc(NC(C)=O)c2ccccc12.Cl. The number of amides is 1. The van der Waals surface area contributed by atoms with Gasteiger partial charge in [0.1, 0.15) is 0 Å². The quantitative estimate of drug-likeness (QED) is 0.687. The molecule has 23 heavy (non-hydrogen) atoms. The van der Waals surface area contributed by atoms with E-state index in [9.17, 15) is 13.2 Å². The molecule has 1 amide bonds. The van der Waals surface area contributed by atoms with E-state index in [2.05, 4.69) is 15.4 Å². The van der Waals surface area contributed by atoms with Crippen LogP contribution in [-0.2, 0) is 14.8 Å². The Morgan fingerprint density at radius 3 is 2.30 bits per heavy atom. The van der Waals surface area contributed by atoms with Gasteiger partial charge in [0.05, 0.1) is 4.90 Å². The van der Waals surface area contributed by atoms with Crippen LogP contribution in [0.4, 0.5) is 5.69 Å². The van der Waals surface area contributed by atoms with E-state index in [0.29, 0.717) is 29.5 Å². The Balaban J connectivity index is 0.00000264. The summed E-state index contributed by atoms with van der Waals surface area (Å²) in [5, 5.41) is 6.86. The Kier molecular flexibility index (Phi) is 6.96. The van der Waals surface area contributed by atoms with Gasteiger partial charge in [-0.05, 0) is 19.2 Å². The summed E-state index contributed by atoms with van der Waals surface area (Å²) in [6, 6.07) is 10.2. The number of carbonyl (C=O) groups excluding carboxylic acids is 1. The minimum Gasteiger partial charge on any atom is -0.326 e. The number of sulfonamides is 1. The van der Waals surface area contributed by atoms with Gasteiger partial charge in [-0.15, -0.1) is 12.4 Å². The monoisotopic (exact) mass is 357 g/mol. The Bertz CT molecular complexity index is 794. The van der Waals surface area contributed by atoms with Crippen LogP contribution in [0.3, 0.4) is 0 Å². The van der Waals surface area contributed by atoms with E-state index in [1.165, 1.54) is 13.0 Å². The third-order valence-corrected chi connectivity index (χ3v) is 4.67. The van der Waals surface area contributed by atoms with Crippen molar-refractivity contribution < 1.29 is 13.2 Å². The number of hydrogen-bond acceptors (Lipinski definition) is 4. The van der Waals surface area contributed by atoms with Crippen molar-refractivity contribution in [2.45, 2.75) is 11.8 Å². The number of anilines is 1. The van der Waals surface area contributed by atoms with Crippen LogP contribution in [0, 0.1) is 0 Å². The van der Waals surface area contributed by atoms with E-state index in [-0.39, 0.29) is 23.2 Å². The van der Waals surface area contributed by atoms with E-state index in [4.69, 9.17) is 0 Å². The molecule has 126 valence electrons. The summed E-state index contributed by atoms with van der Waals surface area (Å²) < 4.78 is 27.4. The number of hydrogen-bond donors (Lipinski definition) is 3. The molecule has 2 aromatic rings. The molecule has 0 heterocycles. The van der Waals surface area contributed by atoms with E-state index in [0.717, 1.165) is 0 Å². The summed E-state index contributed by atoms with van der Waals surface area (Å²) in [6.07, 6.45) is 0. The van der Waals surface area contributed by atoms with Gasteiger partial charge in [0.15, 0.2) is 0 Å². The van der Waals surface area contributed by atoms with E-state index >= 15 is 0 Å². The normalized spacial score (nSPS) is 11.0. The lowest BCUT2D eigenvalue weighted by atomic mass is 10.1. The van der Waals surface area contributed by atoms with Crippen molar-refractivity contribution in [3.8, 4) is 0 Å². The van der Waals surface area contributed by atoms with Gasteiger partial charge in [0.2, 0.25) is 15.9 Å². The average molecular weight is 358 g/mol. The highest BCUT2D eigenvalue weighted by atomic mass is 35.5. The van der Waals surface area contributed by atoms with Gasteiger partial charge in [-0.3, -0.25) is 4.79 Å². The predicted molar refractivity (Wildman–Crippen MR) is 94.6 cm³/mol. The van der Waals surface area contributed by atoms with E-state index in [1.807, 2.05) is 0 Å². The van der Waals surface area contributed by atoms with Crippen molar-refractivity contribution in [2.75, 3.05) is 25.5 Å². The lowest BCUT2D eigenvalue weighted by molar-refractivity contribution is -0.114. The molecule has 0 fully saturated rings. The van der Waals surface area contributed by atoms with Crippen molar-refractivity contribution in [2.24, 2.45) is 0 Å². The van der Waals surface area contributed by atoms with Crippen LogP contribution in [0.15, 0.2) is 41.3 Å². The molecule has 0 unspecified atom stereocenters. The maximum absolute atomic E-state index is 12.4. The lowest BCUT2D eigenvalue weighted by Crippen LogP contribution is -2.30. The maximum Gasteiger partial charge on any atom is 0.241 e. The number of nitrogens with one attached hydrogen (secondary N) is 3. The number of halogens is 1. The molecule has 0 saturated carbocycles. The first-order chi connectivity index (χ1) is 10.5. The molecular formula is C15H20ClN3O3S. The molecule has 8 heteroatoms. The molecule has 2 rings (SSSR count). The van der Waals surface area contributed by atoms with Crippen LogP contribution in [0.1, 0.15) is 6.92 Å². The van der Waals surface area contributed by atoms with Crippen LogP contribution in [0.2, 0.25) is 0 Å². The second-order valence-electron chi connectivity index (χ2n) is 4.84. The molecule has 6 nitrogen and oxygen atoms in total. The van der Waals surface area contributed by atoms with Crippen LogP contribution >= 0.6 is 12.4 Å². The molecule has 0 spiro atoms. The fourth-order valence-electron chi connectivity index (χ4n) is 2.19. The lowest BCUT2D eigenvalue weighted by Gasteiger charge is -2.12. The Hall–Kier alpha value is -1.67. The maximum atomic E-state index is 12.4. The summed E-state index contributed by atoms with van der Waals surface area (Å²) >= 11 is 0. The van der Waals surface area contributed by atoms with Gasteiger partial charge in [0.25, 0.3) is 0 Å². The largest absolute Gasteiger partial charge is 0.326 e. The molecular weight excluding hydrogens is 338 g/mol. The van der Waals surface area contributed by atoms with Crippen molar-refractivity contribution in [3.63, 3.8) is 0 Å². The average Bonchev–Trinajstić information content (AvgIpc) is 2.47. The second-order valence-corrected chi connectivity index (χ2v) is 6.57. The van der Waals surface area contributed by atoms with Crippen LogP contribution in [0.5, 0.6) is 0 Å². The molecule has 0 aliphatic rings. The van der Waals surface area contributed by atoms with Gasteiger partial charge in [-0.1, -0.05) is 24.3 Å². The smallest absolute Gasteiger partial charge is 0.241 e. The van der Waals surface area contributed by atoms with Gasteiger partial charge in [-0.25, -0.2) is 13.1 Å². The zero-order valence-electron chi connectivity index (χ0n) is 12.9. The van der Waals surface area contributed by atoms with Gasteiger partial charge < -0.3 is 10.6 Å². The number of rotatable bonds is 6. The topological polar surface area (TPSA) is 87.3 Å². The Morgan fingerprint density at radius 2 is 1.70 bits per heavy atom. The zero-order valence-corrected chi connectivity index (χ0v) is 14.6. The van der Waals surface area contributed by atoms with Crippen molar-refractivity contribution in [1.82, 2.24) is 10.0 Å². The molecule has 0 bridgehead atoms. The third-order valence-electron chi connectivity index (χ3n) is 3.15. The fourth-order valence-corrected chi connectivity index (χ4v) is 3.43. The summed E-state index contributed by atoms with van der Waals surface area (Å²) in [4.78, 5) is 11.5. The highest BCUT2D eigenvalue weighted by molar-refractivity contribution is 7.89. The number of likely N-dealkylation sites (N-methyl/N-ethyl adjacent to an activating group) is 1. The Morgan fingerprint density at radius 1 is 1.04 bits per heavy atom. The Labute approximate surface area is 142 Å². The predicted octanol–water partition coefficient (Wildman–Crippen LogP) is 1.72. The van der Waals surface area contributed by atoms with E-state index < -0.39 is 10.0 Å². The third kappa shape index (κ3) is 4.65. The summed E-state index contributed by atoms with van der Waals surface area (Å²) in [5.41, 5.74) is 0.595. The number of benzene rings is 2. The zero-order chi connectivity index (χ0) is 16.2. The highest BCUT2D eigenvalue weighted by Gasteiger charge is 2.18. The second kappa shape index (κ2) is 8.26. The summed E-state index contributed by atoms with van der Waals surface area (Å²) in [7, 11) is -1.85. The van der Waals surface area contributed by atoms with Gasteiger partial charge in [0, 0.05) is 36.5 Å². The van der Waals surface area contributed by atoms with E-state index in [1.54, 1.807) is 37.4 Å². The minimum absolute atomic E-state index is 0. The summed E-state index contributed by atoms with van der Waals surface area (Å²) in [6.45, 7) is 2.26. The van der Waals surface area contributed by atoms with Gasteiger partial charge in [-0.2, -0.15) is 0 Å². The van der Waals surface area contributed by atoms with Gasteiger partial charge >= 0.3 is 0 Å². The first-order valence-electron chi connectivity index (χ1n) is 6.89. The fraction of sp³-hybridized carbons (Fsp3) is 0.267. The van der Waals surface area contributed by atoms with Crippen molar-refractivity contribution in [1.29, 1.82) is 0 Å². The standard InChI is InChI=1S/C15H19N3O3S.ClH/c1-11(19)18-14-7-8-15(13-6-4-3-5-12(13)14)22(20,21)17-10-9-16-2;/h3-8,16-17H,9-10H2,1-2H3,(H,18,19);1H. The van der Waals surface area contributed by atoms with Crippen LogP contribution < -0.4 is 15.4 Å². The van der Waals surface area contributed by atoms with Crippen LogP contribution in [-0.4, -0.2) is 34.5 Å². The molecule has 0 radical (unpaired) electrons.